The first-order chi connectivity index (χ1) is 16.3. The maximum absolute atomic E-state index is 12.7. The Morgan fingerprint density at radius 3 is 2.50 bits per heavy atom. The van der Waals surface area contributed by atoms with Gasteiger partial charge in [0.2, 0.25) is 5.91 Å². The van der Waals surface area contributed by atoms with Gasteiger partial charge in [-0.15, -0.1) is 0 Å². The number of carbonyl (C=O) groups excluding carboxylic acids is 1. The lowest BCUT2D eigenvalue weighted by molar-refractivity contribution is -0.137. The van der Waals surface area contributed by atoms with Gasteiger partial charge in [-0.3, -0.25) is 4.79 Å². The second-order valence-corrected chi connectivity index (χ2v) is 9.19. The summed E-state index contributed by atoms with van der Waals surface area (Å²) in [4.78, 5) is 18.7. The molecule has 1 N–H and O–H groups in total. The molecule has 2 aliphatic heterocycles. The number of hydrogen-bond acceptors (Lipinski definition) is 3. The van der Waals surface area contributed by atoms with Crippen molar-refractivity contribution < 1.29 is 23.1 Å². The molecule has 5 rings (SSSR count). The van der Waals surface area contributed by atoms with Crippen LogP contribution >= 0.6 is 0 Å². The van der Waals surface area contributed by atoms with Crippen LogP contribution in [0.25, 0.3) is 5.69 Å². The van der Waals surface area contributed by atoms with Crippen LogP contribution in [0.1, 0.15) is 47.6 Å². The fourth-order valence-electron chi connectivity index (χ4n) is 5.24. The van der Waals surface area contributed by atoms with Crippen molar-refractivity contribution in [2.75, 3.05) is 13.1 Å². The minimum Gasteiger partial charge on any atom is -0.393 e. The summed E-state index contributed by atoms with van der Waals surface area (Å²) in [7, 11) is 0. The van der Waals surface area contributed by atoms with Crippen LogP contribution in [0.3, 0.4) is 0 Å². The highest BCUT2D eigenvalue weighted by Crippen LogP contribution is 2.41. The molecule has 3 aromatic rings. The zero-order valence-electron chi connectivity index (χ0n) is 18.6. The number of alkyl halides is 3. The Kier molecular flexibility index (Phi) is 5.93. The van der Waals surface area contributed by atoms with Crippen LogP contribution in [0, 0.1) is 5.92 Å². The average molecular weight is 470 g/mol. The number of halogens is 3. The van der Waals surface area contributed by atoms with E-state index in [1.165, 1.54) is 17.7 Å². The first-order valence-corrected chi connectivity index (χ1v) is 11.5. The predicted octanol–water partition coefficient (Wildman–Crippen LogP) is 4.57. The number of fused-ring (bicyclic) bond motifs is 3. The molecule has 0 spiro atoms. The summed E-state index contributed by atoms with van der Waals surface area (Å²) in [6.07, 6.45) is 0.876. The summed E-state index contributed by atoms with van der Waals surface area (Å²) in [5.74, 6) is 0.0913. The number of aliphatic hydroxyl groups excluding tert-OH is 1. The van der Waals surface area contributed by atoms with E-state index < -0.39 is 17.8 Å². The van der Waals surface area contributed by atoms with E-state index in [0.29, 0.717) is 37.9 Å². The van der Waals surface area contributed by atoms with Gasteiger partial charge in [0.25, 0.3) is 0 Å². The summed E-state index contributed by atoms with van der Waals surface area (Å²) in [6, 6.07) is 12.9. The standard InChI is InChI=1S/C26H26F3N3O2/c27-26(28,29)19-7-5-17(6-8-19)13-25(34)31-11-9-18(10-12-31)24(33)14-21-20-3-1-2-4-22(20)32-16-30-15-23(21)32/h1-8,15-16,18,21,24,33H,9-14H2. The monoisotopic (exact) mass is 469 g/mol. The summed E-state index contributed by atoms with van der Waals surface area (Å²) in [5.41, 5.74) is 3.24. The van der Waals surface area contributed by atoms with Crippen molar-refractivity contribution in [3.63, 3.8) is 0 Å². The van der Waals surface area contributed by atoms with Crippen LogP contribution in [-0.4, -0.2) is 44.7 Å². The third-order valence-corrected chi connectivity index (χ3v) is 7.15. The second kappa shape index (κ2) is 8.91. The second-order valence-electron chi connectivity index (χ2n) is 9.19. The van der Waals surface area contributed by atoms with E-state index in [2.05, 4.69) is 21.7 Å². The lowest BCUT2D eigenvalue weighted by atomic mass is 9.83. The summed E-state index contributed by atoms with van der Waals surface area (Å²) in [6.45, 7) is 1.08. The van der Waals surface area contributed by atoms with E-state index in [-0.39, 0.29) is 24.2 Å². The van der Waals surface area contributed by atoms with E-state index in [1.54, 1.807) is 11.2 Å². The third-order valence-electron chi connectivity index (χ3n) is 7.15. The van der Waals surface area contributed by atoms with Gasteiger partial charge in [-0.1, -0.05) is 30.3 Å². The van der Waals surface area contributed by atoms with Crippen LogP contribution < -0.4 is 0 Å². The Morgan fingerprint density at radius 1 is 1.09 bits per heavy atom. The average Bonchev–Trinajstić information content (AvgIpc) is 3.41. The van der Waals surface area contributed by atoms with Gasteiger partial charge in [-0.25, -0.2) is 4.98 Å². The van der Waals surface area contributed by atoms with Crippen LogP contribution in [0.2, 0.25) is 0 Å². The molecule has 1 fully saturated rings. The van der Waals surface area contributed by atoms with Gasteiger partial charge in [0, 0.05) is 25.2 Å². The number of amides is 1. The van der Waals surface area contributed by atoms with Gasteiger partial charge in [-0.2, -0.15) is 13.2 Å². The van der Waals surface area contributed by atoms with Gasteiger partial charge in [0.15, 0.2) is 0 Å². The van der Waals surface area contributed by atoms with E-state index in [9.17, 15) is 23.1 Å². The fourth-order valence-corrected chi connectivity index (χ4v) is 5.24. The first-order valence-electron chi connectivity index (χ1n) is 11.5. The molecule has 1 amide bonds. The summed E-state index contributed by atoms with van der Waals surface area (Å²) < 4.78 is 40.3. The number of aromatic nitrogens is 2. The number of likely N-dealkylation sites (tertiary alicyclic amines) is 1. The number of para-hydroxylation sites is 1. The molecule has 3 heterocycles. The molecule has 2 unspecified atom stereocenters. The number of benzene rings is 2. The van der Waals surface area contributed by atoms with Gasteiger partial charge in [0.05, 0.1) is 35.8 Å². The largest absolute Gasteiger partial charge is 0.416 e. The molecule has 0 bridgehead atoms. The zero-order chi connectivity index (χ0) is 23.9. The quantitative estimate of drug-likeness (QED) is 0.596. The Balaban J connectivity index is 1.16. The highest BCUT2D eigenvalue weighted by atomic mass is 19.4. The molecule has 5 nitrogen and oxygen atoms in total. The molecule has 178 valence electrons. The minimum absolute atomic E-state index is 0.0776. The van der Waals surface area contributed by atoms with Crippen molar-refractivity contribution in [3.8, 4) is 5.69 Å². The van der Waals surface area contributed by atoms with E-state index in [0.717, 1.165) is 23.5 Å². The molecule has 0 radical (unpaired) electrons. The molecule has 34 heavy (non-hydrogen) atoms. The molecular weight excluding hydrogens is 443 g/mol. The maximum Gasteiger partial charge on any atom is 0.416 e. The van der Waals surface area contributed by atoms with E-state index in [1.807, 2.05) is 18.3 Å². The van der Waals surface area contributed by atoms with Gasteiger partial charge in [-0.05, 0) is 54.5 Å². The number of hydrogen-bond donors (Lipinski definition) is 1. The molecule has 2 aliphatic rings. The molecule has 1 saturated heterocycles. The topological polar surface area (TPSA) is 58.4 Å². The molecule has 2 aromatic carbocycles. The van der Waals surface area contributed by atoms with Crippen LogP contribution in [0.4, 0.5) is 13.2 Å². The normalized spacial score (nSPS) is 19.1. The summed E-state index contributed by atoms with van der Waals surface area (Å²) >= 11 is 0. The molecule has 0 aliphatic carbocycles. The predicted molar refractivity (Wildman–Crippen MR) is 120 cm³/mol. The number of piperidine rings is 1. The Bertz CT molecular complexity index is 1160. The maximum atomic E-state index is 12.7. The van der Waals surface area contributed by atoms with E-state index >= 15 is 0 Å². The van der Waals surface area contributed by atoms with Gasteiger partial charge >= 0.3 is 6.18 Å². The molecule has 2 atom stereocenters. The number of nitrogens with zero attached hydrogens (tertiary/aromatic N) is 3. The van der Waals surface area contributed by atoms with Crippen LogP contribution in [-0.2, 0) is 17.4 Å². The lowest BCUT2D eigenvalue weighted by Crippen LogP contribution is -2.42. The Hall–Kier alpha value is -3.13. The first kappa shape index (κ1) is 22.7. The van der Waals surface area contributed by atoms with Crippen LogP contribution in [0.15, 0.2) is 61.1 Å². The summed E-state index contributed by atoms with van der Waals surface area (Å²) in [5, 5.41) is 11.0. The zero-order valence-corrected chi connectivity index (χ0v) is 18.6. The number of carbonyl (C=O) groups is 1. The van der Waals surface area contributed by atoms with Crippen molar-refractivity contribution in [3.05, 3.63) is 83.4 Å². The van der Waals surface area contributed by atoms with Crippen molar-refractivity contribution in [2.45, 2.75) is 43.9 Å². The number of imidazole rings is 1. The highest BCUT2D eigenvalue weighted by molar-refractivity contribution is 5.78. The van der Waals surface area contributed by atoms with Gasteiger partial charge < -0.3 is 14.6 Å². The third kappa shape index (κ3) is 4.34. The van der Waals surface area contributed by atoms with Crippen molar-refractivity contribution >= 4 is 5.91 Å². The number of rotatable bonds is 5. The van der Waals surface area contributed by atoms with E-state index in [4.69, 9.17) is 0 Å². The molecule has 1 aromatic heterocycles. The lowest BCUT2D eigenvalue weighted by Gasteiger charge is -2.35. The molecule has 0 saturated carbocycles. The van der Waals surface area contributed by atoms with Gasteiger partial charge in [0.1, 0.15) is 0 Å². The highest BCUT2D eigenvalue weighted by Gasteiger charge is 2.34. The Labute approximate surface area is 195 Å². The van der Waals surface area contributed by atoms with Crippen molar-refractivity contribution in [1.29, 1.82) is 0 Å². The van der Waals surface area contributed by atoms with Crippen molar-refractivity contribution in [1.82, 2.24) is 14.5 Å². The smallest absolute Gasteiger partial charge is 0.393 e. The molecule has 8 heteroatoms. The molecular formula is C26H26F3N3O2. The fraction of sp³-hybridized carbons (Fsp3) is 0.385. The SMILES string of the molecule is O=C(Cc1ccc(C(F)(F)F)cc1)N1CCC(C(O)CC2c3ccccc3-n3cncc32)CC1. The number of aliphatic hydroxyl groups is 1. The van der Waals surface area contributed by atoms with Crippen molar-refractivity contribution in [2.24, 2.45) is 5.92 Å². The Morgan fingerprint density at radius 2 is 1.79 bits per heavy atom. The van der Waals surface area contributed by atoms with Crippen LogP contribution in [0.5, 0.6) is 0 Å². The minimum atomic E-state index is -4.38.